The van der Waals surface area contributed by atoms with Gasteiger partial charge in [-0.2, -0.15) is 0 Å². The minimum absolute atomic E-state index is 0.0682. The van der Waals surface area contributed by atoms with Crippen molar-refractivity contribution in [3.8, 4) is 0 Å². The highest BCUT2D eigenvalue weighted by molar-refractivity contribution is 5.89. The molecule has 3 heteroatoms. The summed E-state index contributed by atoms with van der Waals surface area (Å²) >= 11 is 0. The zero-order valence-corrected chi connectivity index (χ0v) is 8.21. The smallest absolute Gasteiger partial charge is 0.244 e. The van der Waals surface area contributed by atoms with Crippen LogP contribution < -0.4 is 11.1 Å². The summed E-state index contributed by atoms with van der Waals surface area (Å²) in [5, 5.41) is 2.76. The molecule has 0 spiro atoms. The molecule has 1 aliphatic heterocycles. The molecule has 1 fully saturated rings. The van der Waals surface area contributed by atoms with E-state index in [9.17, 15) is 4.79 Å². The number of carbonyl (C=O) groups is 1. The van der Waals surface area contributed by atoms with Gasteiger partial charge in [0.25, 0.3) is 0 Å². The molecule has 1 aliphatic rings. The van der Waals surface area contributed by atoms with Crippen LogP contribution in [0.5, 0.6) is 0 Å². The van der Waals surface area contributed by atoms with E-state index >= 15 is 0 Å². The number of aryl methyl sites for hydroxylation is 1. The molecule has 0 bridgehead atoms. The zero-order valence-electron chi connectivity index (χ0n) is 8.21. The predicted octanol–water partition coefficient (Wildman–Crippen LogP) is 0.669. The third-order valence-electron chi connectivity index (χ3n) is 2.78. The van der Waals surface area contributed by atoms with Gasteiger partial charge in [-0.3, -0.25) is 4.79 Å². The molecule has 1 unspecified atom stereocenters. The lowest BCUT2D eigenvalue weighted by molar-refractivity contribution is -0.123. The third-order valence-corrected chi connectivity index (χ3v) is 2.78. The number of hydrogen-bond donors (Lipinski definition) is 2. The normalized spacial score (nSPS) is 26.3. The summed E-state index contributed by atoms with van der Waals surface area (Å²) in [4.78, 5) is 11.5. The molecule has 1 aromatic carbocycles. The van der Waals surface area contributed by atoms with Crippen LogP contribution >= 0.6 is 0 Å². The molecule has 3 nitrogen and oxygen atoms in total. The van der Waals surface area contributed by atoms with Crippen molar-refractivity contribution in [2.75, 3.05) is 6.54 Å². The highest BCUT2D eigenvalue weighted by Gasteiger charge is 2.39. The number of nitrogens with two attached hydrogens (primary N) is 1. The summed E-state index contributed by atoms with van der Waals surface area (Å²) in [5.74, 6) is -0.0682. The summed E-state index contributed by atoms with van der Waals surface area (Å²) in [7, 11) is 0. The second kappa shape index (κ2) is 3.10. The topological polar surface area (TPSA) is 55.1 Å². The molecule has 1 atom stereocenters. The van der Waals surface area contributed by atoms with Crippen LogP contribution in [0.4, 0.5) is 0 Å². The Balaban J connectivity index is 2.38. The minimum Gasteiger partial charge on any atom is -0.354 e. The quantitative estimate of drug-likeness (QED) is 0.683. The van der Waals surface area contributed by atoms with Gasteiger partial charge in [0, 0.05) is 6.54 Å². The first-order valence-electron chi connectivity index (χ1n) is 4.77. The fraction of sp³-hybridized carbons (Fsp3) is 0.364. The standard InChI is InChI=1S/C11H14N2O/c1-8-2-4-9(5-3-8)11(12)6-7-13-10(11)14/h2-5H,6-7,12H2,1H3,(H,13,14). The molecule has 1 aromatic rings. The monoisotopic (exact) mass is 190 g/mol. The van der Waals surface area contributed by atoms with Crippen molar-refractivity contribution in [3.63, 3.8) is 0 Å². The molecule has 1 amide bonds. The molecule has 0 aromatic heterocycles. The van der Waals surface area contributed by atoms with E-state index in [-0.39, 0.29) is 5.91 Å². The lowest BCUT2D eigenvalue weighted by Crippen LogP contribution is -2.43. The molecule has 14 heavy (non-hydrogen) atoms. The van der Waals surface area contributed by atoms with Gasteiger partial charge in [0.15, 0.2) is 0 Å². The van der Waals surface area contributed by atoms with E-state index in [1.54, 1.807) is 0 Å². The Labute approximate surface area is 83.3 Å². The Morgan fingerprint density at radius 3 is 2.50 bits per heavy atom. The fourth-order valence-electron chi connectivity index (χ4n) is 1.77. The first-order valence-corrected chi connectivity index (χ1v) is 4.77. The van der Waals surface area contributed by atoms with Crippen molar-refractivity contribution in [2.45, 2.75) is 18.9 Å². The Bertz CT molecular complexity index is 358. The summed E-state index contributed by atoms with van der Waals surface area (Å²) in [5.41, 5.74) is 7.33. The number of amides is 1. The number of benzene rings is 1. The Kier molecular flexibility index (Phi) is 2.04. The first-order chi connectivity index (χ1) is 6.63. The van der Waals surface area contributed by atoms with E-state index in [2.05, 4.69) is 5.32 Å². The van der Waals surface area contributed by atoms with E-state index in [0.29, 0.717) is 13.0 Å². The lowest BCUT2D eigenvalue weighted by Gasteiger charge is -2.20. The maximum atomic E-state index is 11.5. The molecular formula is C11H14N2O. The number of nitrogens with one attached hydrogen (secondary N) is 1. The highest BCUT2D eigenvalue weighted by Crippen LogP contribution is 2.25. The van der Waals surface area contributed by atoms with Crippen molar-refractivity contribution >= 4 is 5.91 Å². The molecule has 0 saturated carbocycles. The summed E-state index contributed by atoms with van der Waals surface area (Å²) in [6.45, 7) is 2.69. The highest BCUT2D eigenvalue weighted by atomic mass is 16.2. The largest absolute Gasteiger partial charge is 0.354 e. The lowest BCUT2D eigenvalue weighted by atomic mass is 9.89. The van der Waals surface area contributed by atoms with E-state index < -0.39 is 5.54 Å². The Morgan fingerprint density at radius 1 is 1.36 bits per heavy atom. The van der Waals surface area contributed by atoms with E-state index in [4.69, 9.17) is 5.73 Å². The summed E-state index contributed by atoms with van der Waals surface area (Å²) in [6, 6.07) is 7.82. The summed E-state index contributed by atoms with van der Waals surface area (Å²) < 4.78 is 0. The van der Waals surface area contributed by atoms with Crippen LogP contribution in [0.15, 0.2) is 24.3 Å². The maximum absolute atomic E-state index is 11.5. The zero-order chi connectivity index (χ0) is 10.2. The number of carbonyl (C=O) groups excluding carboxylic acids is 1. The SMILES string of the molecule is Cc1ccc(C2(N)CCNC2=O)cc1. The molecule has 0 radical (unpaired) electrons. The van der Waals surface area contributed by atoms with Gasteiger partial charge in [-0.05, 0) is 18.9 Å². The van der Waals surface area contributed by atoms with Crippen LogP contribution in [-0.2, 0) is 10.3 Å². The van der Waals surface area contributed by atoms with Gasteiger partial charge >= 0.3 is 0 Å². The van der Waals surface area contributed by atoms with Gasteiger partial charge in [-0.15, -0.1) is 0 Å². The molecule has 1 saturated heterocycles. The fourth-order valence-corrected chi connectivity index (χ4v) is 1.77. The van der Waals surface area contributed by atoms with Gasteiger partial charge < -0.3 is 11.1 Å². The number of rotatable bonds is 1. The minimum atomic E-state index is -0.812. The molecule has 74 valence electrons. The van der Waals surface area contributed by atoms with Crippen LogP contribution in [0, 0.1) is 6.92 Å². The third kappa shape index (κ3) is 1.30. The van der Waals surface area contributed by atoms with Crippen molar-refractivity contribution in [2.24, 2.45) is 5.73 Å². The van der Waals surface area contributed by atoms with Crippen LogP contribution in [0.1, 0.15) is 17.5 Å². The first kappa shape index (κ1) is 9.21. The molecule has 2 rings (SSSR count). The van der Waals surface area contributed by atoms with Crippen molar-refractivity contribution < 1.29 is 4.79 Å². The molecule has 3 N–H and O–H groups in total. The van der Waals surface area contributed by atoms with Crippen molar-refractivity contribution in [1.82, 2.24) is 5.32 Å². The number of hydrogen-bond acceptors (Lipinski definition) is 2. The Morgan fingerprint density at radius 2 is 2.00 bits per heavy atom. The van der Waals surface area contributed by atoms with Gasteiger partial charge in [0.05, 0.1) is 0 Å². The average molecular weight is 190 g/mol. The van der Waals surface area contributed by atoms with Crippen LogP contribution in [0.2, 0.25) is 0 Å². The molecule has 1 heterocycles. The van der Waals surface area contributed by atoms with Gasteiger partial charge in [-0.25, -0.2) is 0 Å². The average Bonchev–Trinajstić information content (AvgIpc) is 2.49. The Hall–Kier alpha value is -1.35. The second-order valence-electron chi connectivity index (χ2n) is 3.84. The molecule has 0 aliphatic carbocycles. The molecular weight excluding hydrogens is 176 g/mol. The maximum Gasteiger partial charge on any atom is 0.244 e. The van der Waals surface area contributed by atoms with Crippen LogP contribution in [-0.4, -0.2) is 12.5 Å². The predicted molar refractivity (Wildman–Crippen MR) is 54.7 cm³/mol. The van der Waals surface area contributed by atoms with E-state index in [1.165, 1.54) is 5.56 Å². The van der Waals surface area contributed by atoms with Gasteiger partial charge in [0.2, 0.25) is 5.91 Å². The van der Waals surface area contributed by atoms with E-state index in [1.807, 2.05) is 31.2 Å². The van der Waals surface area contributed by atoms with Gasteiger partial charge in [-0.1, -0.05) is 29.8 Å². The van der Waals surface area contributed by atoms with Crippen molar-refractivity contribution in [3.05, 3.63) is 35.4 Å². The van der Waals surface area contributed by atoms with Crippen molar-refractivity contribution in [1.29, 1.82) is 0 Å². The van der Waals surface area contributed by atoms with Gasteiger partial charge in [0.1, 0.15) is 5.54 Å². The van der Waals surface area contributed by atoms with Crippen LogP contribution in [0.3, 0.4) is 0 Å². The van der Waals surface area contributed by atoms with E-state index in [0.717, 1.165) is 5.56 Å². The van der Waals surface area contributed by atoms with Crippen LogP contribution in [0.25, 0.3) is 0 Å². The summed E-state index contributed by atoms with van der Waals surface area (Å²) in [6.07, 6.45) is 0.675. The second-order valence-corrected chi connectivity index (χ2v) is 3.84.